The lowest BCUT2D eigenvalue weighted by Gasteiger charge is -2.22. The highest BCUT2D eigenvalue weighted by Crippen LogP contribution is 2.22. The molecule has 0 fully saturated rings. The van der Waals surface area contributed by atoms with Gasteiger partial charge >= 0.3 is 0 Å². The number of hydrogen-bond acceptors (Lipinski definition) is 4. The zero-order valence-electron chi connectivity index (χ0n) is 11.6. The average molecular weight is 249 g/mol. The van der Waals surface area contributed by atoms with Crippen molar-refractivity contribution in [1.29, 1.82) is 0 Å². The van der Waals surface area contributed by atoms with Crippen molar-refractivity contribution in [1.82, 2.24) is 15.3 Å². The number of aromatic nitrogens is 2. The summed E-state index contributed by atoms with van der Waals surface area (Å²) in [5, 5.41) is 3.38. The first-order valence-corrected chi connectivity index (χ1v) is 6.92. The maximum atomic E-state index is 5.46. The first-order chi connectivity index (χ1) is 8.80. The Morgan fingerprint density at radius 3 is 2.83 bits per heavy atom. The summed E-state index contributed by atoms with van der Waals surface area (Å²) in [4.78, 5) is 9.45. The molecular weight excluding hydrogens is 226 g/mol. The number of methoxy groups -OCH3 is 1. The van der Waals surface area contributed by atoms with Crippen molar-refractivity contribution >= 4 is 0 Å². The molecule has 4 nitrogen and oxygen atoms in total. The lowest BCUT2D eigenvalue weighted by atomic mass is 10.0. The van der Waals surface area contributed by atoms with Gasteiger partial charge in [0.2, 0.25) is 0 Å². The molecule has 2 rings (SSSR count). The van der Waals surface area contributed by atoms with Crippen molar-refractivity contribution in [2.24, 2.45) is 0 Å². The fourth-order valence-electron chi connectivity index (χ4n) is 2.50. The van der Waals surface area contributed by atoms with E-state index in [2.05, 4.69) is 19.2 Å². The first kappa shape index (κ1) is 13.4. The molecule has 0 aromatic carbocycles. The second kappa shape index (κ2) is 6.25. The Bertz CT molecular complexity index is 402. The van der Waals surface area contributed by atoms with Gasteiger partial charge < -0.3 is 10.1 Å². The zero-order valence-corrected chi connectivity index (χ0v) is 11.6. The molecule has 1 unspecified atom stereocenters. The Balaban J connectivity index is 2.40. The van der Waals surface area contributed by atoms with Gasteiger partial charge in [-0.15, -0.1) is 0 Å². The summed E-state index contributed by atoms with van der Waals surface area (Å²) < 4.78 is 5.46. The Hall–Kier alpha value is -1.00. The van der Waals surface area contributed by atoms with Gasteiger partial charge in [-0.25, -0.2) is 9.97 Å². The van der Waals surface area contributed by atoms with Crippen LogP contribution in [0.1, 0.15) is 55.6 Å². The van der Waals surface area contributed by atoms with Crippen LogP contribution in [0.4, 0.5) is 0 Å². The van der Waals surface area contributed by atoms with Crippen molar-refractivity contribution in [3.63, 3.8) is 0 Å². The molecule has 0 saturated heterocycles. The van der Waals surface area contributed by atoms with E-state index < -0.39 is 0 Å². The molecular formula is C14H23N3O. The zero-order chi connectivity index (χ0) is 13.0. The summed E-state index contributed by atoms with van der Waals surface area (Å²) in [6.45, 7) is 6.20. The van der Waals surface area contributed by atoms with Crippen molar-refractivity contribution < 1.29 is 4.74 Å². The maximum absolute atomic E-state index is 5.46. The third kappa shape index (κ3) is 2.70. The standard InChI is InChI=1S/C14H23N3O/c1-4-6-11-10-7-8-15-9-12(10)17-14(16-11)13(5-2)18-3/h13,15H,4-9H2,1-3H3. The monoisotopic (exact) mass is 249 g/mol. The number of ether oxygens (including phenoxy) is 1. The van der Waals surface area contributed by atoms with Gasteiger partial charge in [-0.05, 0) is 31.4 Å². The Morgan fingerprint density at radius 1 is 1.33 bits per heavy atom. The molecule has 4 heteroatoms. The molecule has 1 aromatic heterocycles. The summed E-state index contributed by atoms with van der Waals surface area (Å²) >= 11 is 0. The van der Waals surface area contributed by atoms with Crippen LogP contribution < -0.4 is 5.32 Å². The van der Waals surface area contributed by atoms with Gasteiger partial charge in [0.15, 0.2) is 5.82 Å². The second-order valence-corrected chi connectivity index (χ2v) is 4.76. The molecule has 1 aliphatic heterocycles. The molecule has 1 aliphatic rings. The fourth-order valence-corrected chi connectivity index (χ4v) is 2.50. The molecule has 1 aromatic rings. The third-order valence-electron chi connectivity index (χ3n) is 3.47. The molecule has 1 N–H and O–H groups in total. The van der Waals surface area contributed by atoms with E-state index >= 15 is 0 Å². The minimum absolute atomic E-state index is 0.0211. The van der Waals surface area contributed by atoms with E-state index in [0.29, 0.717) is 0 Å². The minimum Gasteiger partial charge on any atom is -0.373 e. The highest BCUT2D eigenvalue weighted by molar-refractivity contribution is 5.29. The van der Waals surface area contributed by atoms with Gasteiger partial charge in [-0.1, -0.05) is 20.3 Å². The van der Waals surface area contributed by atoms with Crippen LogP contribution >= 0.6 is 0 Å². The molecule has 18 heavy (non-hydrogen) atoms. The molecule has 0 radical (unpaired) electrons. The summed E-state index contributed by atoms with van der Waals surface area (Å²) in [6, 6.07) is 0. The Kier molecular flexibility index (Phi) is 4.66. The van der Waals surface area contributed by atoms with E-state index in [0.717, 1.165) is 44.6 Å². The molecule has 0 aliphatic carbocycles. The average Bonchev–Trinajstić information content (AvgIpc) is 2.40. The number of nitrogens with one attached hydrogen (secondary N) is 1. The highest BCUT2D eigenvalue weighted by atomic mass is 16.5. The molecule has 0 amide bonds. The predicted octanol–water partition coefficient (Wildman–Crippen LogP) is 2.17. The third-order valence-corrected chi connectivity index (χ3v) is 3.47. The lowest BCUT2D eigenvalue weighted by molar-refractivity contribution is 0.0920. The number of nitrogens with zero attached hydrogens (tertiary/aromatic N) is 2. The van der Waals surface area contributed by atoms with E-state index in [1.807, 2.05) is 0 Å². The number of fused-ring (bicyclic) bond motifs is 1. The van der Waals surface area contributed by atoms with Crippen LogP contribution in [0.2, 0.25) is 0 Å². The van der Waals surface area contributed by atoms with Crippen molar-refractivity contribution in [3.8, 4) is 0 Å². The van der Waals surface area contributed by atoms with Crippen molar-refractivity contribution in [2.75, 3.05) is 13.7 Å². The maximum Gasteiger partial charge on any atom is 0.157 e. The minimum atomic E-state index is 0.0211. The number of rotatable bonds is 5. The molecule has 0 saturated carbocycles. The number of aryl methyl sites for hydroxylation is 1. The van der Waals surface area contributed by atoms with Crippen LogP contribution in [-0.4, -0.2) is 23.6 Å². The van der Waals surface area contributed by atoms with E-state index in [4.69, 9.17) is 14.7 Å². The lowest BCUT2D eigenvalue weighted by Crippen LogP contribution is -2.27. The van der Waals surface area contributed by atoms with Crippen LogP contribution in [-0.2, 0) is 24.1 Å². The van der Waals surface area contributed by atoms with E-state index in [1.54, 1.807) is 7.11 Å². The first-order valence-electron chi connectivity index (χ1n) is 6.92. The van der Waals surface area contributed by atoms with E-state index in [9.17, 15) is 0 Å². The quantitative estimate of drug-likeness (QED) is 0.869. The molecule has 0 bridgehead atoms. The van der Waals surface area contributed by atoms with Crippen LogP contribution in [0.3, 0.4) is 0 Å². The topological polar surface area (TPSA) is 47.0 Å². The van der Waals surface area contributed by atoms with E-state index in [-0.39, 0.29) is 6.10 Å². The molecule has 1 atom stereocenters. The van der Waals surface area contributed by atoms with Gasteiger partial charge in [0, 0.05) is 19.3 Å². The SMILES string of the molecule is CCCc1nc(C(CC)OC)nc2c1CCNC2. The number of hydrogen-bond donors (Lipinski definition) is 1. The Morgan fingerprint density at radius 2 is 2.17 bits per heavy atom. The van der Waals surface area contributed by atoms with Crippen LogP contribution in [0.15, 0.2) is 0 Å². The van der Waals surface area contributed by atoms with Gasteiger partial charge in [0.05, 0.1) is 5.69 Å². The van der Waals surface area contributed by atoms with Gasteiger partial charge in [0.1, 0.15) is 6.10 Å². The predicted molar refractivity (Wildman–Crippen MR) is 71.5 cm³/mol. The van der Waals surface area contributed by atoms with Crippen LogP contribution in [0.5, 0.6) is 0 Å². The van der Waals surface area contributed by atoms with Gasteiger partial charge in [-0.3, -0.25) is 0 Å². The van der Waals surface area contributed by atoms with Crippen LogP contribution in [0.25, 0.3) is 0 Å². The normalized spacial score (nSPS) is 16.4. The van der Waals surface area contributed by atoms with Crippen molar-refractivity contribution in [3.05, 3.63) is 22.8 Å². The Labute approximate surface area is 109 Å². The molecule has 100 valence electrons. The summed E-state index contributed by atoms with van der Waals surface area (Å²) in [5.74, 6) is 0.853. The summed E-state index contributed by atoms with van der Waals surface area (Å²) in [6.07, 6.45) is 4.15. The smallest absolute Gasteiger partial charge is 0.157 e. The summed E-state index contributed by atoms with van der Waals surface area (Å²) in [5.41, 5.74) is 3.77. The fraction of sp³-hybridized carbons (Fsp3) is 0.714. The van der Waals surface area contributed by atoms with Gasteiger partial charge in [0.25, 0.3) is 0 Å². The summed E-state index contributed by atoms with van der Waals surface area (Å²) in [7, 11) is 1.73. The second-order valence-electron chi connectivity index (χ2n) is 4.76. The van der Waals surface area contributed by atoms with Gasteiger partial charge in [-0.2, -0.15) is 0 Å². The molecule has 0 spiro atoms. The largest absolute Gasteiger partial charge is 0.373 e. The van der Waals surface area contributed by atoms with Crippen molar-refractivity contribution in [2.45, 2.75) is 52.2 Å². The van der Waals surface area contributed by atoms with E-state index in [1.165, 1.54) is 17.0 Å². The molecule has 2 heterocycles. The van der Waals surface area contributed by atoms with Crippen LogP contribution in [0, 0.1) is 0 Å². The highest BCUT2D eigenvalue weighted by Gasteiger charge is 2.20.